The Morgan fingerprint density at radius 3 is 2.41 bits per heavy atom. The average Bonchev–Trinajstić information content (AvgIpc) is 2.89. The van der Waals surface area contributed by atoms with E-state index in [0.717, 1.165) is 49.7 Å². The van der Waals surface area contributed by atoms with Crippen LogP contribution in [0.15, 0.2) is 60.8 Å². The van der Waals surface area contributed by atoms with Crippen LogP contribution >= 0.6 is 0 Å². The number of morpholine rings is 1. The Bertz CT molecular complexity index is 1080. The van der Waals surface area contributed by atoms with Crippen LogP contribution in [0.3, 0.4) is 0 Å². The third-order valence-corrected chi connectivity index (χ3v) is 6.16. The first kappa shape index (κ1) is 23.7. The van der Waals surface area contributed by atoms with E-state index in [1.165, 1.54) is 5.69 Å². The van der Waals surface area contributed by atoms with Gasteiger partial charge in [0.05, 0.1) is 24.9 Å². The summed E-state index contributed by atoms with van der Waals surface area (Å²) in [7, 11) is 0. The highest BCUT2D eigenvalue weighted by Crippen LogP contribution is 2.23. The van der Waals surface area contributed by atoms with Gasteiger partial charge in [0.15, 0.2) is 0 Å². The number of carbonyl (C=O) groups excluding carboxylic acids is 1. The van der Waals surface area contributed by atoms with Crippen molar-refractivity contribution in [1.82, 2.24) is 9.97 Å². The molecule has 0 spiro atoms. The molecule has 2 atom stereocenters. The average molecular weight is 461 g/mol. The van der Waals surface area contributed by atoms with Crippen molar-refractivity contribution < 1.29 is 9.53 Å². The monoisotopic (exact) mass is 460 g/mol. The summed E-state index contributed by atoms with van der Waals surface area (Å²) in [5, 5.41) is 6.16. The first-order chi connectivity index (χ1) is 16.5. The van der Waals surface area contributed by atoms with Crippen LogP contribution in [0, 0.1) is 5.92 Å². The van der Waals surface area contributed by atoms with Gasteiger partial charge in [-0.15, -0.1) is 0 Å². The van der Waals surface area contributed by atoms with Crippen molar-refractivity contribution in [3.8, 4) is 11.3 Å². The number of nitrogens with two attached hydrogens (primary N) is 1. The maximum absolute atomic E-state index is 12.3. The Balaban J connectivity index is 1.39. The molecule has 0 radical (unpaired) electrons. The van der Waals surface area contributed by atoms with Crippen LogP contribution in [-0.2, 0) is 9.53 Å². The molecule has 0 aliphatic carbocycles. The highest BCUT2D eigenvalue weighted by molar-refractivity contribution is 5.95. The smallest absolute Gasteiger partial charge is 0.241 e. The number of amides is 1. The number of nitrogens with one attached hydrogen (secondary N) is 2. The summed E-state index contributed by atoms with van der Waals surface area (Å²) in [6, 6.07) is 17.1. The topological polar surface area (TPSA) is 105 Å². The van der Waals surface area contributed by atoms with Gasteiger partial charge >= 0.3 is 0 Å². The molecule has 1 fully saturated rings. The molecule has 4 N–H and O–H groups in total. The summed E-state index contributed by atoms with van der Waals surface area (Å²) in [4.78, 5) is 23.6. The molecule has 0 bridgehead atoms. The van der Waals surface area contributed by atoms with Crippen LogP contribution in [0.4, 0.5) is 23.0 Å². The highest BCUT2D eigenvalue weighted by Gasteiger charge is 2.19. The zero-order valence-electron chi connectivity index (χ0n) is 19.7. The van der Waals surface area contributed by atoms with Gasteiger partial charge in [-0.2, -0.15) is 0 Å². The van der Waals surface area contributed by atoms with E-state index < -0.39 is 6.04 Å². The van der Waals surface area contributed by atoms with E-state index in [2.05, 4.69) is 37.6 Å². The number of carbonyl (C=O) groups is 1. The van der Waals surface area contributed by atoms with E-state index in [1.54, 1.807) is 6.20 Å². The fraction of sp³-hybridized carbons (Fsp3) is 0.346. The number of benzene rings is 2. The minimum absolute atomic E-state index is 0.127. The Hall–Kier alpha value is -3.49. The van der Waals surface area contributed by atoms with Crippen molar-refractivity contribution in [3.05, 3.63) is 60.8 Å². The molecule has 4 rings (SSSR count). The van der Waals surface area contributed by atoms with Crippen molar-refractivity contribution in [2.24, 2.45) is 11.7 Å². The number of ether oxygens (including phenoxy) is 1. The van der Waals surface area contributed by atoms with Gasteiger partial charge in [-0.25, -0.2) is 9.97 Å². The molecule has 1 aliphatic heterocycles. The largest absolute Gasteiger partial charge is 0.378 e. The van der Waals surface area contributed by atoms with Crippen LogP contribution in [0.1, 0.15) is 20.3 Å². The van der Waals surface area contributed by atoms with E-state index in [1.807, 2.05) is 56.3 Å². The predicted molar refractivity (Wildman–Crippen MR) is 136 cm³/mol. The SMILES string of the molecule is CCC(C)[C@@H](N)C(=O)Nc1ccc(-c2ccnc(Nc3ccc(N4CCOCC4)cc3)n2)cc1. The zero-order valence-corrected chi connectivity index (χ0v) is 19.7. The summed E-state index contributed by atoms with van der Waals surface area (Å²) in [5.74, 6) is 0.477. The molecule has 178 valence electrons. The molecule has 34 heavy (non-hydrogen) atoms. The molecular formula is C26H32N6O2. The minimum Gasteiger partial charge on any atom is -0.378 e. The van der Waals surface area contributed by atoms with Crippen molar-refractivity contribution >= 4 is 28.9 Å². The quantitative estimate of drug-likeness (QED) is 0.466. The van der Waals surface area contributed by atoms with E-state index in [0.29, 0.717) is 11.6 Å². The Morgan fingerprint density at radius 2 is 1.74 bits per heavy atom. The van der Waals surface area contributed by atoms with Crippen LogP contribution in [0.5, 0.6) is 0 Å². The van der Waals surface area contributed by atoms with E-state index >= 15 is 0 Å². The second kappa shape index (κ2) is 11.1. The Labute approximate surface area is 200 Å². The number of rotatable bonds is 8. The standard InChI is InChI=1S/C26H32N6O2/c1-3-18(2)24(27)25(33)29-20-6-4-19(5-7-20)23-12-13-28-26(31-23)30-21-8-10-22(11-9-21)32-14-16-34-17-15-32/h4-13,18,24H,3,14-17,27H2,1-2H3,(H,29,33)(H,28,30,31)/t18?,24-/m1/s1. The predicted octanol–water partition coefficient (Wildman–Crippen LogP) is 4.04. The van der Waals surface area contributed by atoms with Gasteiger partial charge in [0, 0.05) is 41.9 Å². The molecular weight excluding hydrogens is 428 g/mol. The molecule has 2 aromatic carbocycles. The summed E-state index contributed by atoms with van der Waals surface area (Å²) >= 11 is 0. The highest BCUT2D eigenvalue weighted by atomic mass is 16.5. The fourth-order valence-corrected chi connectivity index (χ4v) is 3.75. The lowest BCUT2D eigenvalue weighted by atomic mass is 9.99. The molecule has 1 saturated heterocycles. The number of nitrogens with zero attached hydrogens (tertiary/aromatic N) is 3. The molecule has 1 aliphatic rings. The summed E-state index contributed by atoms with van der Waals surface area (Å²) in [6.45, 7) is 7.35. The molecule has 2 heterocycles. The van der Waals surface area contributed by atoms with Crippen molar-refractivity contribution in [1.29, 1.82) is 0 Å². The van der Waals surface area contributed by atoms with E-state index in [9.17, 15) is 4.79 Å². The number of anilines is 4. The lowest BCUT2D eigenvalue weighted by Crippen LogP contribution is -2.40. The lowest BCUT2D eigenvalue weighted by molar-refractivity contribution is -0.118. The van der Waals surface area contributed by atoms with E-state index in [-0.39, 0.29) is 11.8 Å². The third-order valence-electron chi connectivity index (χ3n) is 6.16. The zero-order chi connectivity index (χ0) is 23.9. The first-order valence-electron chi connectivity index (χ1n) is 11.7. The molecule has 8 nitrogen and oxygen atoms in total. The van der Waals surface area contributed by atoms with E-state index in [4.69, 9.17) is 10.5 Å². The van der Waals surface area contributed by atoms with Gasteiger partial charge in [0.25, 0.3) is 0 Å². The van der Waals surface area contributed by atoms with Gasteiger partial charge in [0.1, 0.15) is 0 Å². The molecule has 8 heteroatoms. The summed E-state index contributed by atoms with van der Waals surface area (Å²) in [6.07, 6.45) is 2.59. The number of aromatic nitrogens is 2. The van der Waals surface area contributed by atoms with Crippen LogP contribution in [-0.4, -0.2) is 48.2 Å². The van der Waals surface area contributed by atoms with Gasteiger partial charge in [-0.05, 0) is 48.4 Å². The third kappa shape index (κ3) is 5.89. The second-order valence-electron chi connectivity index (χ2n) is 8.51. The van der Waals surface area contributed by atoms with Crippen molar-refractivity contribution in [3.63, 3.8) is 0 Å². The van der Waals surface area contributed by atoms with Gasteiger partial charge in [-0.3, -0.25) is 4.79 Å². The van der Waals surface area contributed by atoms with Gasteiger partial charge < -0.3 is 26.0 Å². The maximum atomic E-state index is 12.3. The number of hydrogen-bond donors (Lipinski definition) is 3. The Morgan fingerprint density at radius 1 is 1.06 bits per heavy atom. The molecule has 0 saturated carbocycles. The van der Waals surface area contributed by atoms with Crippen molar-refractivity contribution in [2.45, 2.75) is 26.3 Å². The minimum atomic E-state index is -0.525. The van der Waals surface area contributed by atoms with Gasteiger partial charge in [0.2, 0.25) is 11.9 Å². The van der Waals surface area contributed by atoms with Gasteiger partial charge in [-0.1, -0.05) is 32.4 Å². The molecule has 1 unspecified atom stereocenters. The lowest BCUT2D eigenvalue weighted by Gasteiger charge is -2.28. The van der Waals surface area contributed by atoms with Crippen LogP contribution in [0.2, 0.25) is 0 Å². The summed E-state index contributed by atoms with van der Waals surface area (Å²) < 4.78 is 5.42. The fourth-order valence-electron chi connectivity index (χ4n) is 3.75. The molecule has 1 amide bonds. The molecule has 1 aromatic heterocycles. The maximum Gasteiger partial charge on any atom is 0.241 e. The van der Waals surface area contributed by atoms with Crippen LogP contribution < -0.4 is 21.3 Å². The number of hydrogen-bond acceptors (Lipinski definition) is 7. The normalized spacial score (nSPS) is 15.4. The molecule has 3 aromatic rings. The summed E-state index contributed by atoms with van der Waals surface area (Å²) in [5.41, 5.74) is 10.6. The first-order valence-corrected chi connectivity index (χ1v) is 11.7. The van der Waals surface area contributed by atoms with Crippen molar-refractivity contribution in [2.75, 3.05) is 41.8 Å². The second-order valence-corrected chi connectivity index (χ2v) is 8.51. The Kier molecular flexibility index (Phi) is 7.72. The van der Waals surface area contributed by atoms with Crippen LogP contribution in [0.25, 0.3) is 11.3 Å².